The van der Waals surface area contributed by atoms with Gasteiger partial charge in [0.1, 0.15) is 5.60 Å². The van der Waals surface area contributed by atoms with E-state index in [1.807, 2.05) is 0 Å². The van der Waals surface area contributed by atoms with Crippen LogP contribution in [0.25, 0.3) is 0 Å². The molecule has 2 heterocycles. The smallest absolute Gasteiger partial charge is 0.254 e. The number of carbonyl (C=O) groups is 1. The lowest BCUT2D eigenvalue weighted by Gasteiger charge is -2.37. The summed E-state index contributed by atoms with van der Waals surface area (Å²) in [6.45, 7) is 4.56. The number of amides is 1. The van der Waals surface area contributed by atoms with E-state index in [0.717, 1.165) is 26.2 Å². The van der Waals surface area contributed by atoms with E-state index in [1.165, 1.54) is 0 Å². The van der Waals surface area contributed by atoms with Gasteiger partial charge < -0.3 is 20.6 Å². The van der Waals surface area contributed by atoms with Crippen molar-refractivity contribution in [2.45, 2.75) is 18.4 Å². The molecule has 0 saturated carbocycles. The molecule has 5 nitrogen and oxygen atoms in total. The Kier molecular flexibility index (Phi) is 3.23. The summed E-state index contributed by atoms with van der Waals surface area (Å²) in [6, 6.07) is 0. The van der Waals surface area contributed by atoms with Crippen molar-refractivity contribution in [1.82, 2.24) is 15.5 Å². The predicted octanol–water partition coefficient (Wildman–Crippen LogP) is -1.47. The molecule has 2 rings (SSSR count). The molecule has 1 amide bonds. The van der Waals surface area contributed by atoms with Crippen molar-refractivity contribution in [1.29, 1.82) is 0 Å². The van der Waals surface area contributed by atoms with Crippen molar-refractivity contribution >= 4 is 5.91 Å². The second-order valence-corrected chi connectivity index (χ2v) is 4.32. The Bertz CT molecular complexity index is 233. The lowest BCUT2D eigenvalue weighted by molar-refractivity contribution is -0.154. The quantitative estimate of drug-likeness (QED) is 0.498. The summed E-state index contributed by atoms with van der Waals surface area (Å²) in [5.41, 5.74) is -1.11. The van der Waals surface area contributed by atoms with Crippen LogP contribution in [-0.2, 0) is 4.79 Å². The summed E-state index contributed by atoms with van der Waals surface area (Å²) in [4.78, 5) is 13.9. The molecule has 0 spiro atoms. The molecule has 2 saturated heterocycles. The van der Waals surface area contributed by atoms with E-state index in [9.17, 15) is 9.90 Å². The van der Waals surface area contributed by atoms with Crippen molar-refractivity contribution in [3.05, 3.63) is 0 Å². The molecule has 2 fully saturated rings. The number of hydrogen-bond donors (Lipinski definition) is 3. The minimum atomic E-state index is -1.11. The fraction of sp³-hybridized carbons (Fsp3) is 0.900. The summed E-state index contributed by atoms with van der Waals surface area (Å²) < 4.78 is 0. The van der Waals surface area contributed by atoms with Gasteiger partial charge in [-0.25, -0.2) is 0 Å². The van der Waals surface area contributed by atoms with E-state index in [1.54, 1.807) is 4.90 Å². The maximum Gasteiger partial charge on any atom is 0.254 e. The maximum absolute atomic E-state index is 12.1. The zero-order valence-electron chi connectivity index (χ0n) is 8.96. The van der Waals surface area contributed by atoms with Crippen molar-refractivity contribution in [3.63, 3.8) is 0 Å². The van der Waals surface area contributed by atoms with Crippen LogP contribution in [0.4, 0.5) is 0 Å². The number of hydrogen-bond acceptors (Lipinski definition) is 4. The Morgan fingerprint density at radius 3 is 2.20 bits per heavy atom. The van der Waals surface area contributed by atoms with Gasteiger partial charge >= 0.3 is 0 Å². The predicted molar refractivity (Wildman–Crippen MR) is 56.5 cm³/mol. The molecular formula is C10H19N3O2. The topological polar surface area (TPSA) is 64.6 Å². The van der Waals surface area contributed by atoms with Crippen LogP contribution >= 0.6 is 0 Å². The first-order chi connectivity index (χ1) is 7.22. The van der Waals surface area contributed by atoms with Crippen LogP contribution in [0.15, 0.2) is 0 Å². The number of piperazine rings is 1. The van der Waals surface area contributed by atoms with E-state index >= 15 is 0 Å². The van der Waals surface area contributed by atoms with E-state index < -0.39 is 5.60 Å². The summed E-state index contributed by atoms with van der Waals surface area (Å²) in [5.74, 6) is -0.0782. The molecule has 5 heteroatoms. The Morgan fingerprint density at radius 1 is 1.07 bits per heavy atom. The molecule has 2 aliphatic heterocycles. The van der Waals surface area contributed by atoms with Gasteiger partial charge in [-0.15, -0.1) is 0 Å². The zero-order valence-corrected chi connectivity index (χ0v) is 8.96. The first kappa shape index (κ1) is 10.9. The van der Waals surface area contributed by atoms with Gasteiger partial charge in [0.05, 0.1) is 0 Å². The first-order valence-corrected chi connectivity index (χ1v) is 5.66. The number of aliphatic hydroxyl groups is 1. The number of nitrogens with zero attached hydrogens (tertiary/aromatic N) is 1. The Labute approximate surface area is 89.8 Å². The average molecular weight is 213 g/mol. The standard InChI is InChI=1S/C10H19N3O2/c14-9(13-7-5-12-6-8-13)10(15)1-3-11-4-2-10/h11-12,15H,1-8H2. The Balaban J connectivity index is 1.98. The zero-order chi connectivity index (χ0) is 10.7. The van der Waals surface area contributed by atoms with Gasteiger partial charge in [-0.05, 0) is 25.9 Å². The molecule has 0 radical (unpaired) electrons. The van der Waals surface area contributed by atoms with Crippen LogP contribution in [0.2, 0.25) is 0 Å². The third kappa shape index (κ3) is 2.30. The van der Waals surface area contributed by atoms with E-state index in [0.29, 0.717) is 25.9 Å². The van der Waals surface area contributed by atoms with Crippen LogP contribution in [0, 0.1) is 0 Å². The largest absolute Gasteiger partial charge is 0.380 e. The van der Waals surface area contributed by atoms with Gasteiger partial charge in [-0.2, -0.15) is 0 Å². The van der Waals surface area contributed by atoms with Crippen LogP contribution in [-0.4, -0.2) is 60.8 Å². The lowest BCUT2D eigenvalue weighted by Crippen LogP contribution is -2.57. The number of piperidine rings is 1. The van der Waals surface area contributed by atoms with Crippen molar-refractivity contribution < 1.29 is 9.90 Å². The van der Waals surface area contributed by atoms with Crippen LogP contribution < -0.4 is 10.6 Å². The van der Waals surface area contributed by atoms with Crippen LogP contribution in [0.3, 0.4) is 0 Å². The highest BCUT2D eigenvalue weighted by molar-refractivity contribution is 5.85. The minimum absolute atomic E-state index is 0.0782. The molecule has 86 valence electrons. The van der Waals surface area contributed by atoms with Gasteiger partial charge in [-0.1, -0.05) is 0 Å². The fourth-order valence-electron chi connectivity index (χ4n) is 2.22. The highest BCUT2D eigenvalue weighted by atomic mass is 16.3. The second-order valence-electron chi connectivity index (χ2n) is 4.32. The average Bonchev–Trinajstić information content (AvgIpc) is 2.30. The molecule has 0 unspecified atom stereocenters. The van der Waals surface area contributed by atoms with Crippen molar-refractivity contribution in [3.8, 4) is 0 Å². The molecular weight excluding hydrogens is 194 g/mol. The molecule has 0 aliphatic carbocycles. The molecule has 15 heavy (non-hydrogen) atoms. The summed E-state index contributed by atoms with van der Waals surface area (Å²) in [6.07, 6.45) is 1.07. The molecule has 0 aromatic rings. The van der Waals surface area contributed by atoms with Gasteiger partial charge in [-0.3, -0.25) is 4.79 Å². The minimum Gasteiger partial charge on any atom is -0.380 e. The summed E-state index contributed by atoms with van der Waals surface area (Å²) in [7, 11) is 0. The molecule has 0 aromatic heterocycles. The number of rotatable bonds is 1. The van der Waals surface area contributed by atoms with E-state index in [4.69, 9.17) is 0 Å². The van der Waals surface area contributed by atoms with Gasteiger partial charge in [0.25, 0.3) is 5.91 Å². The highest BCUT2D eigenvalue weighted by Gasteiger charge is 2.40. The van der Waals surface area contributed by atoms with Crippen molar-refractivity contribution in [2.24, 2.45) is 0 Å². The maximum atomic E-state index is 12.1. The van der Waals surface area contributed by atoms with Gasteiger partial charge in [0.2, 0.25) is 0 Å². The van der Waals surface area contributed by atoms with Crippen LogP contribution in [0.1, 0.15) is 12.8 Å². The second kappa shape index (κ2) is 4.47. The van der Waals surface area contributed by atoms with E-state index in [-0.39, 0.29) is 5.91 Å². The Morgan fingerprint density at radius 2 is 1.60 bits per heavy atom. The SMILES string of the molecule is O=C(N1CCNCC1)C1(O)CCNCC1. The first-order valence-electron chi connectivity index (χ1n) is 5.66. The number of carbonyl (C=O) groups excluding carboxylic acids is 1. The highest BCUT2D eigenvalue weighted by Crippen LogP contribution is 2.21. The molecule has 0 bridgehead atoms. The fourth-order valence-corrected chi connectivity index (χ4v) is 2.22. The monoisotopic (exact) mass is 213 g/mol. The van der Waals surface area contributed by atoms with Crippen LogP contribution in [0.5, 0.6) is 0 Å². The van der Waals surface area contributed by atoms with E-state index in [2.05, 4.69) is 10.6 Å². The third-order valence-electron chi connectivity index (χ3n) is 3.23. The molecule has 2 aliphatic rings. The molecule has 0 atom stereocenters. The van der Waals surface area contributed by atoms with Crippen molar-refractivity contribution in [2.75, 3.05) is 39.3 Å². The summed E-state index contributed by atoms with van der Waals surface area (Å²) in [5, 5.41) is 16.6. The van der Waals surface area contributed by atoms with Gasteiger partial charge in [0.15, 0.2) is 0 Å². The normalized spacial score (nSPS) is 26.3. The van der Waals surface area contributed by atoms with Gasteiger partial charge in [0, 0.05) is 26.2 Å². The Hall–Kier alpha value is -0.650. The third-order valence-corrected chi connectivity index (χ3v) is 3.23. The number of nitrogens with one attached hydrogen (secondary N) is 2. The lowest BCUT2D eigenvalue weighted by atomic mass is 9.90. The molecule has 0 aromatic carbocycles. The molecule has 3 N–H and O–H groups in total. The summed E-state index contributed by atoms with van der Waals surface area (Å²) >= 11 is 0.